The molecule has 1 aliphatic carbocycles. The molecule has 0 saturated heterocycles. The molecule has 2 heteroatoms. The van der Waals surface area contributed by atoms with E-state index in [1.54, 1.807) is 12.1 Å². The first kappa shape index (κ1) is 8.00. The third-order valence-corrected chi connectivity index (χ3v) is 2.60. The predicted molar refractivity (Wildman–Crippen MR) is 48.1 cm³/mol. The van der Waals surface area contributed by atoms with Crippen molar-refractivity contribution in [2.24, 2.45) is 0 Å². The van der Waals surface area contributed by atoms with Gasteiger partial charge < -0.3 is 4.79 Å². The van der Waals surface area contributed by atoms with Gasteiger partial charge in [0, 0.05) is 0 Å². The van der Waals surface area contributed by atoms with Gasteiger partial charge in [0.05, 0.1) is 17.0 Å². The first-order valence-electron chi connectivity index (χ1n) is 4.28. The zero-order valence-electron chi connectivity index (χ0n) is 7.16. The van der Waals surface area contributed by atoms with Crippen LogP contribution in [0, 0.1) is 11.3 Å². The normalized spacial score (nSPS) is 17.5. The summed E-state index contributed by atoms with van der Waals surface area (Å²) in [6, 6.07) is 9.33. The lowest BCUT2D eigenvalue weighted by Crippen LogP contribution is -2.07. The Balaban J connectivity index is 2.34. The molecule has 1 fully saturated rings. The summed E-state index contributed by atoms with van der Waals surface area (Å²) < 4.78 is 0. The fraction of sp³-hybridized carbons (Fsp3) is 0.273. The first-order chi connectivity index (χ1) is 6.30. The third kappa shape index (κ3) is 1.23. The van der Waals surface area contributed by atoms with Crippen molar-refractivity contribution in [3.8, 4) is 6.07 Å². The Morgan fingerprint density at radius 1 is 1.31 bits per heavy atom. The van der Waals surface area contributed by atoms with E-state index in [1.165, 1.54) is 0 Å². The van der Waals surface area contributed by atoms with Gasteiger partial charge in [-0.15, -0.1) is 0 Å². The molecular formula is C11H9NO. The van der Waals surface area contributed by atoms with Crippen LogP contribution in [0.5, 0.6) is 0 Å². The van der Waals surface area contributed by atoms with Crippen molar-refractivity contribution in [2.45, 2.75) is 18.3 Å². The lowest BCUT2D eigenvalue weighted by Gasteiger charge is -2.05. The van der Waals surface area contributed by atoms with Crippen LogP contribution in [0.15, 0.2) is 24.3 Å². The summed E-state index contributed by atoms with van der Waals surface area (Å²) in [5.41, 5.74) is 1.47. The molecule has 1 saturated carbocycles. The topological polar surface area (TPSA) is 40.9 Å². The Morgan fingerprint density at radius 2 is 1.92 bits per heavy atom. The van der Waals surface area contributed by atoms with E-state index in [0.717, 1.165) is 24.7 Å². The van der Waals surface area contributed by atoms with Crippen molar-refractivity contribution >= 4 is 6.29 Å². The van der Waals surface area contributed by atoms with Crippen molar-refractivity contribution in [3.05, 3.63) is 35.4 Å². The molecule has 1 aromatic carbocycles. The van der Waals surface area contributed by atoms with Crippen molar-refractivity contribution in [3.63, 3.8) is 0 Å². The summed E-state index contributed by atoms with van der Waals surface area (Å²) >= 11 is 0. The van der Waals surface area contributed by atoms with Crippen LogP contribution >= 0.6 is 0 Å². The minimum atomic E-state index is -0.214. The van der Waals surface area contributed by atoms with E-state index >= 15 is 0 Å². The summed E-state index contributed by atoms with van der Waals surface area (Å²) in [5, 5.41) is 8.58. The molecule has 0 aliphatic heterocycles. The monoisotopic (exact) mass is 171 g/mol. The maximum absolute atomic E-state index is 10.8. The SMILES string of the molecule is N#Cc1ccc(C2(C=O)CC2)cc1. The Kier molecular flexibility index (Phi) is 1.66. The maximum Gasteiger partial charge on any atom is 0.130 e. The van der Waals surface area contributed by atoms with E-state index in [2.05, 4.69) is 6.07 Å². The molecule has 1 aliphatic rings. The van der Waals surface area contributed by atoms with Crippen LogP contribution in [0.3, 0.4) is 0 Å². The smallest absolute Gasteiger partial charge is 0.130 e. The molecule has 0 heterocycles. The minimum Gasteiger partial charge on any atom is -0.302 e. The van der Waals surface area contributed by atoms with Gasteiger partial charge in [-0.05, 0) is 30.5 Å². The molecule has 0 atom stereocenters. The minimum absolute atomic E-state index is 0.214. The van der Waals surface area contributed by atoms with Gasteiger partial charge in [0.25, 0.3) is 0 Å². The highest BCUT2D eigenvalue weighted by atomic mass is 16.1. The van der Waals surface area contributed by atoms with Crippen molar-refractivity contribution in [2.75, 3.05) is 0 Å². The van der Waals surface area contributed by atoms with E-state index in [-0.39, 0.29) is 5.41 Å². The van der Waals surface area contributed by atoms with Crippen LogP contribution < -0.4 is 0 Å². The molecule has 2 nitrogen and oxygen atoms in total. The Morgan fingerprint density at radius 3 is 2.31 bits per heavy atom. The number of benzene rings is 1. The number of carbonyl (C=O) groups is 1. The number of nitrogens with zero attached hydrogens (tertiary/aromatic N) is 1. The van der Waals surface area contributed by atoms with Crippen LogP contribution in [0.2, 0.25) is 0 Å². The lowest BCUT2D eigenvalue weighted by molar-refractivity contribution is -0.109. The standard InChI is InChI=1S/C11H9NO/c12-7-9-1-3-10(4-2-9)11(8-13)5-6-11/h1-4,8H,5-6H2. The van der Waals surface area contributed by atoms with E-state index in [4.69, 9.17) is 5.26 Å². The summed E-state index contributed by atoms with van der Waals surface area (Å²) in [6.45, 7) is 0. The van der Waals surface area contributed by atoms with Crippen molar-refractivity contribution in [1.29, 1.82) is 5.26 Å². The highest BCUT2D eigenvalue weighted by molar-refractivity contribution is 5.73. The second kappa shape index (κ2) is 2.70. The van der Waals surface area contributed by atoms with Gasteiger partial charge in [-0.3, -0.25) is 0 Å². The number of hydrogen-bond acceptors (Lipinski definition) is 2. The molecule has 0 bridgehead atoms. The second-order valence-corrected chi connectivity index (χ2v) is 3.46. The fourth-order valence-corrected chi connectivity index (χ4v) is 1.49. The lowest BCUT2D eigenvalue weighted by atomic mass is 9.97. The molecule has 1 aromatic rings. The molecule has 2 rings (SSSR count). The van der Waals surface area contributed by atoms with Gasteiger partial charge in [0.1, 0.15) is 6.29 Å². The van der Waals surface area contributed by atoms with Crippen LogP contribution in [-0.2, 0) is 10.2 Å². The highest BCUT2D eigenvalue weighted by Gasteiger charge is 2.43. The van der Waals surface area contributed by atoms with Gasteiger partial charge in [-0.2, -0.15) is 5.26 Å². The number of rotatable bonds is 2. The largest absolute Gasteiger partial charge is 0.302 e. The zero-order valence-corrected chi connectivity index (χ0v) is 7.16. The van der Waals surface area contributed by atoms with Crippen LogP contribution in [0.4, 0.5) is 0 Å². The number of carbonyl (C=O) groups excluding carboxylic acids is 1. The number of nitriles is 1. The van der Waals surface area contributed by atoms with Gasteiger partial charge in [0.15, 0.2) is 0 Å². The molecule has 0 aromatic heterocycles. The summed E-state index contributed by atoms with van der Waals surface area (Å²) in [5.74, 6) is 0. The van der Waals surface area contributed by atoms with Gasteiger partial charge in [0.2, 0.25) is 0 Å². The van der Waals surface area contributed by atoms with Crippen LogP contribution in [0.1, 0.15) is 24.0 Å². The molecule has 13 heavy (non-hydrogen) atoms. The van der Waals surface area contributed by atoms with E-state index in [9.17, 15) is 4.79 Å². The van der Waals surface area contributed by atoms with E-state index in [0.29, 0.717) is 5.56 Å². The Bertz CT molecular complexity index is 368. The molecule has 0 radical (unpaired) electrons. The first-order valence-corrected chi connectivity index (χ1v) is 4.28. The van der Waals surface area contributed by atoms with Gasteiger partial charge in [-0.25, -0.2) is 0 Å². The molecular weight excluding hydrogens is 162 g/mol. The Labute approximate surface area is 76.8 Å². The van der Waals surface area contributed by atoms with Crippen molar-refractivity contribution < 1.29 is 4.79 Å². The Hall–Kier alpha value is -1.62. The average Bonchev–Trinajstić information content (AvgIpc) is 2.99. The quantitative estimate of drug-likeness (QED) is 0.636. The van der Waals surface area contributed by atoms with Crippen LogP contribution in [-0.4, -0.2) is 6.29 Å². The van der Waals surface area contributed by atoms with E-state index < -0.39 is 0 Å². The fourth-order valence-electron chi connectivity index (χ4n) is 1.49. The number of aldehydes is 1. The summed E-state index contributed by atoms with van der Waals surface area (Å²) in [4.78, 5) is 10.8. The summed E-state index contributed by atoms with van der Waals surface area (Å²) in [6.07, 6.45) is 2.92. The molecule has 0 spiro atoms. The second-order valence-electron chi connectivity index (χ2n) is 3.46. The molecule has 0 N–H and O–H groups in total. The summed E-state index contributed by atoms with van der Waals surface area (Å²) in [7, 11) is 0. The number of hydrogen-bond donors (Lipinski definition) is 0. The maximum atomic E-state index is 10.8. The zero-order chi connectivity index (χ0) is 9.31. The highest BCUT2D eigenvalue weighted by Crippen LogP contribution is 2.46. The van der Waals surface area contributed by atoms with Gasteiger partial charge >= 0.3 is 0 Å². The average molecular weight is 171 g/mol. The molecule has 64 valence electrons. The third-order valence-electron chi connectivity index (χ3n) is 2.60. The van der Waals surface area contributed by atoms with Crippen LogP contribution in [0.25, 0.3) is 0 Å². The van der Waals surface area contributed by atoms with Gasteiger partial charge in [-0.1, -0.05) is 12.1 Å². The van der Waals surface area contributed by atoms with E-state index in [1.807, 2.05) is 12.1 Å². The molecule has 0 unspecified atom stereocenters. The predicted octanol–water partition coefficient (Wildman–Crippen LogP) is 1.79. The molecule has 0 amide bonds. The van der Waals surface area contributed by atoms with Crippen molar-refractivity contribution in [1.82, 2.24) is 0 Å².